The lowest BCUT2D eigenvalue weighted by Gasteiger charge is -2.28. The van der Waals surface area contributed by atoms with Crippen LogP contribution in [0.4, 0.5) is 4.79 Å². The number of carbonyl (C=O) groups excluding carboxylic acids is 1. The summed E-state index contributed by atoms with van der Waals surface area (Å²) in [5.74, 6) is 0. The first-order valence-electron chi connectivity index (χ1n) is 4.31. The lowest BCUT2D eigenvalue weighted by molar-refractivity contribution is 0.175. The molecule has 0 bridgehead atoms. The zero-order valence-electron chi connectivity index (χ0n) is 8.53. The van der Waals surface area contributed by atoms with Gasteiger partial charge in [0.15, 0.2) is 0 Å². The number of hydrogen-bond donors (Lipinski definition) is 0. The molecule has 70 valence electrons. The van der Waals surface area contributed by atoms with E-state index in [2.05, 4.69) is 4.99 Å². The predicted molar refractivity (Wildman–Crippen MR) is 51.7 cm³/mol. The van der Waals surface area contributed by atoms with E-state index >= 15 is 0 Å². The Morgan fingerprint density at radius 3 is 1.92 bits per heavy atom. The number of carbonyl (C=O) groups is 1. The topological polar surface area (TPSA) is 32.7 Å². The predicted octanol–water partition coefficient (Wildman–Crippen LogP) is 2.32. The first-order chi connectivity index (χ1) is 5.50. The summed E-state index contributed by atoms with van der Waals surface area (Å²) in [5, 5.41) is 0. The minimum atomic E-state index is -0.150. The van der Waals surface area contributed by atoms with Crippen molar-refractivity contribution in [1.82, 2.24) is 4.90 Å². The van der Waals surface area contributed by atoms with E-state index in [1.807, 2.05) is 27.7 Å². The molecule has 3 nitrogen and oxygen atoms in total. The van der Waals surface area contributed by atoms with Crippen LogP contribution in [-0.2, 0) is 0 Å². The van der Waals surface area contributed by atoms with Crippen LogP contribution in [0.15, 0.2) is 4.99 Å². The van der Waals surface area contributed by atoms with Crippen molar-refractivity contribution >= 4 is 12.2 Å². The third kappa shape index (κ3) is 3.03. The minimum absolute atomic E-state index is 0.150. The van der Waals surface area contributed by atoms with Crippen molar-refractivity contribution in [2.75, 3.05) is 0 Å². The van der Waals surface area contributed by atoms with Gasteiger partial charge in [0.2, 0.25) is 0 Å². The summed E-state index contributed by atoms with van der Waals surface area (Å²) < 4.78 is 0. The van der Waals surface area contributed by atoms with Crippen LogP contribution in [0.25, 0.3) is 0 Å². The molecule has 0 saturated heterocycles. The average molecular weight is 170 g/mol. The smallest absolute Gasteiger partial charge is 0.318 e. The van der Waals surface area contributed by atoms with Crippen LogP contribution in [0.2, 0.25) is 0 Å². The van der Waals surface area contributed by atoms with Crippen molar-refractivity contribution < 1.29 is 4.79 Å². The van der Waals surface area contributed by atoms with Crippen molar-refractivity contribution in [1.29, 1.82) is 0 Å². The Bertz CT molecular complexity index is 165. The van der Waals surface area contributed by atoms with Gasteiger partial charge in [0.05, 0.1) is 0 Å². The molecular weight excluding hydrogens is 152 g/mol. The molecule has 0 aromatic rings. The minimum Gasteiger partial charge on any atom is -0.318 e. The molecule has 0 fully saturated rings. The summed E-state index contributed by atoms with van der Waals surface area (Å²) in [4.78, 5) is 16.8. The lowest BCUT2D eigenvalue weighted by Crippen LogP contribution is -2.40. The van der Waals surface area contributed by atoms with Crippen molar-refractivity contribution in [3.8, 4) is 0 Å². The van der Waals surface area contributed by atoms with Crippen LogP contribution in [0.3, 0.4) is 0 Å². The molecule has 0 radical (unpaired) electrons. The molecule has 0 saturated carbocycles. The molecule has 3 heteroatoms. The van der Waals surface area contributed by atoms with Gasteiger partial charge in [-0.05, 0) is 34.6 Å². The first kappa shape index (κ1) is 11.1. The Hall–Kier alpha value is -0.860. The molecule has 0 aliphatic heterocycles. The zero-order chi connectivity index (χ0) is 9.72. The van der Waals surface area contributed by atoms with Crippen molar-refractivity contribution in [3.63, 3.8) is 0 Å². The van der Waals surface area contributed by atoms with E-state index in [0.717, 1.165) is 0 Å². The molecule has 0 aliphatic rings. The third-order valence-corrected chi connectivity index (χ3v) is 1.57. The Balaban J connectivity index is 4.40. The van der Waals surface area contributed by atoms with Gasteiger partial charge in [-0.15, -0.1) is 0 Å². The van der Waals surface area contributed by atoms with Crippen molar-refractivity contribution in [3.05, 3.63) is 0 Å². The SMILES string of the molecule is CC=NC(=O)N(C(C)C)C(C)C. The lowest BCUT2D eigenvalue weighted by atomic mass is 10.2. The molecule has 0 aromatic heterocycles. The maximum atomic E-state index is 11.4. The normalized spacial score (nSPS) is 11.6. The number of aliphatic imine (C=N–C) groups is 1. The maximum absolute atomic E-state index is 11.4. The Labute approximate surface area is 74.5 Å². The highest BCUT2D eigenvalue weighted by Gasteiger charge is 2.18. The van der Waals surface area contributed by atoms with Gasteiger partial charge < -0.3 is 4.90 Å². The van der Waals surface area contributed by atoms with Crippen LogP contribution in [-0.4, -0.2) is 29.2 Å². The second-order valence-corrected chi connectivity index (χ2v) is 3.26. The van der Waals surface area contributed by atoms with Gasteiger partial charge in [-0.2, -0.15) is 0 Å². The van der Waals surface area contributed by atoms with E-state index in [-0.39, 0.29) is 18.1 Å². The summed E-state index contributed by atoms with van der Waals surface area (Å²) in [6.45, 7) is 9.70. The second kappa shape index (κ2) is 4.91. The van der Waals surface area contributed by atoms with Crippen LogP contribution in [0.1, 0.15) is 34.6 Å². The summed E-state index contributed by atoms with van der Waals surface area (Å²) in [6, 6.07) is 0.268. The summed E-state index contributed by atoms with van der Waals surface area (Å²) in [6.07, 6.45) is 1.53. The number of amides is 2. The number of rotatable bonds is 2. The Kier molecular flexibility index (Phi) is 4.55. The standard InChI is InChI=1S/C9H18N2O/c1-6-10-9(12)11(7(2)3)8(4)5/h6-8H,1-5H3. The highest BCUT2D eigenvalue weighted by atomic mass is 16.2. The quantitative estimate of drug-likeness (QED) is 0.585. The fraction of sp³-hybridized carbons (Fsp3) is 0.778. The molecule has 12 heavy (non-hydrogen) atoms. The molecule has 0 rings (SSSR count). The van der Waals surface area contributed by atoms with Crippen molar-refractivity contribution in [2.45, 2.75) is 46.7 Å². The third-order valence-electron chi connectivity index (χ3n) is 1.57. The van der Waals surface area contributed by atoms with Gasteiger partial charge in [0.25, 0.3) is 0 Å². The van der Waals surface area contributed by atoms with Crippen LogP contribution < -0.4 is 0 Å². The largest absolute Gasteiger partial charge is 0.343 e. The number of urea groups is 1. The van der Waals surface area contributed by atoms with Crippen LogP contribution in [0, 0.1) is 0 Å². The monoisotopic (exact) mass is 170 g/mol. The van der Waals surface area contributed by atoms with Gasteiger partial charge in [0.1, 0.15) is 0 Å². The summed E-state index contributed by atoms with van der Waals surface area (Å²) in [5.41, 5.74) is 0. The Morgan fingerprint density at radius 1 is 1.25 bits per heavy atom. The molecular formula is C9H18N2O. The van der Waals surface area contributed by atoms with Gasteiger partial charge in [-0.1, -0.05) is 0 Å². The van der Waals surface area contributed by atoms with E-state index in [9.17, 15) is 4.79 Å². The van der Waals surface area contributed by atoms with Crippen molar-refractivity contribution in [2.24, 2.45) is 4.99 Å². The maximum Gasteiger partial charge on any atom is 0.343 e. The van der Waals surface area contributed by atoms with Gasteiger partial charge in [-0.25, -0.2) is 9.79 Å². The van der Waals surface area contributed by atoms with E-state index in [1.54, 1.807) is 11.8 Å². The van der Waals surface area contributed by atoms with Crippen LogP contribution in [0.5, 0.6) is 0 Å². The second-order valence-electron chi connectivity index (χ2n) is 3.26. The fourth-order valence-electron chi connectivity index (χ4n) is 1.22. The molecule has 2 amide bonds. The van der Waals surface area contributed by atoms with E-state index < -0.39 is 0 Å². The number of hydrogen-bond acceptors (Lipinski definition) is 1. The first-order valence-corrected chi connectivity index (χ1v) is 4.31. The van der Waals surface area contributed by atoms with E-state index in [0.29, 0.717) is 0 Å². The molecule has 0 unspecified atom stereocenters. The average Bonchev–Trinajstić information content (AvgIpc) is 1.85. The number of nitrogens with zero attached hydrogens (tertiary/aromatic N) is 2. The molecule has 0 spiro atoms. The summed E-state index contributed by atoms with van der Waals surface area (Å²) in [7, 11) is 0. The highest BCUT2D eigenvalue weighted by Crippen LogP contribution is 2.06. The van der Waals surface area contributed by atoms with E-state index in [4.69, 9.17) is 0 Å². The summed E-state index contributed by atoms with van der Waals surface area (Å²) >= 11 is 0. The molecule has 0 atom stereocenters. The van der Waals surface area contributed by atoms with E-state index in [1.165, 1.54) is 6.21 Å². The van der Waals surface area contributed by atoms with Gasteiger partial charge >= 0.3 is 6.03 Å². The highest BCUT2D eigenvalue weighted by molar-refractivity contribution is 5.83. The zero-order valence-corrected chi connectivity index (χ0v) is 8.53. The Morgan fingerprint density at radius 2 is 1.67 bits per heavy atom. The molecule has 0 N–H and O–H groups in total. The van der Waals surface area contributed by atoms with Gasteiger partial charge in [-0.3, -0.25) is 0 Å². The van der Waals surface area contributed by atoms with Crippen LogP contribution >= 0.6 is 0 Å². The fourth-order valence-corrected chi connectivity index (χ4v) is 1.22. The molecule has 0 heterocycles. The van der Waals surface area contributed by atoms with Gasteiger partial charge in [0, 0.05) is 18.3 Å². The molecule has 0 aliphatic carbocycles. The molecule has 0 aromatic carbocycles.